The number of likely N-dealkylation sites (tertiary alicyclic amines) is 1. The van der Waals surface area contributed by atoms with E-state index in [0.29, 0.717) is 24.0 Å². The van der Waals surface area contributed by atoms with Gasteiger partial charge >= 0.3 is 5.69 Å². The van der Waals surface area contributed by atoms with E-state index < -0.39 is 11.0 Å². The van der Waals surface area contributed by atoms with Crippen LogP contribution in [-0.4, -0.2) is 33.3 Å². The number of hydrogen-bond acceptors (Lipinski definition) is 5. The molecule has 1 aromatic heterocycles. The van der Waals surface area contributed by atoms with Crippen molar-refractivity contribution in [1.82, 2.24) is 9.88 Å². The van der Waals surface area contributed by atoms with Gasteiger partial charge in [-0.2, -0.15) is 0 Å². The third-order valence-corrected chi connectivity index (χ3v) is 4.79. The van der Waals surface area contributed by atoms with Gasteiger partial charge in [0.25, 0.3) is 0 Å². The molecule has 7 nitrogen and oxygen atoms in total. The van der Waals surface area contributed by atoms with E-state index >= 15 is 0 Å². The molecule has 1 atom stereocenters. The number of nitro groups is 1. The summed E-state index contributed by atoms with van der Waals surface area (Å²) in [6.45, 7) is 3.17. The summed E-state index contributed by atoms with van der Waals surface area (Å²) < 4.78 is 0.464. The summed E-state index contributed by atoms with van der Waals surface area (Å²) in [5, 5.41) is 14.2. The van der Waals surface area contributed by atoms with Crippen LogP contribution in [-0.2, 0) is 11.3 Å². The summed E-state index contributed by atoms with van der Waals surface area (Å²) >= 11 is 3.26. The standard InChI is InChI=1S/C17H17BrN4O3/c1-11-2-4-12(5-3-11)10-21-7-6-14(17(21)23)20-16-13(18)8-19-9-15(16)22(24)25/h2-5,8-9,14H,6-7,10H2,1H3,(H,19,20). The normalized spacial score (nSPS) is 17.0. The van der Waals surface area contributed by atoms with E-state index in [1.165, 1.54) is 18.0 Å². The Morgan fingerprint density at radius 3 is 2.76 bits per heavy atom. The van der Waals surface area contributed by atoms with E-state index in [1.807, 2.05) is 31.2 Å². The monoisotopic (exact) mass is 404 g/mol. The second-order valence-corrected chi connectivity index (χ2v) is 6.86. The van der Waals surface area contributed by atoms with Gasteiger partial charge in [-0.15, -0.1) is 0 Å². The van der Waals surface area contributed by atoms with E-state index in [0.717, 1.165) is 5.56 Å². The minimum absolute atomic E-state index is 0.0569. The molecule has 1 aliphatic heterocycles. The molecule has 1 N–H and O–H groups in total. The number of nitrogens with one attached hydrogen (secondary N) is 1. The van der Waals surface area contributed by atoms with Gasteiger partial charge in [0.2, 0.25) is 5.91 Å². The molecular formula is C17H17BrN4O3. The number of amides is 1. The van der Waals surface area contributed by atoms with Gasteiger partial charge in [0.05, 0.1) is 9.40 Å². The Morgan fingerprint density at radius 2 is 2.08 bits per heavy atom. The number of carbonyl (C=O) groups excluding carboxylic acids is 1. The fraction of sp³-hybridized carbons (Fsp3) is 0.294. The fourth-order valence-corrected chi connectivity index (χ4v) is 3.26. The van der Waals surface area contributed by atoms with E-state index in [1.54, 1.807) is 4.90 Å². The van der Waals surface area contributed by atoms with Crippen molar-refractivity contribution in [2.24, 2.45) is 0 Å². The summed E-state index contributed by atoms with van der Waals surface area (Å²) in [5.41, 5.74) is 2.37. The number of benzene rings is 1. The number of aryl methyl sites for hydroxylation is 1. The first kappa shape index (κ1) is 17.3. The number of pyridine rings is 1. The Bertz CT molecular complexity index is 810. The average Bonchev–Trinajstić information content (AvgIpc) is 2.92. The molecule has 2 heterocycles. The first-order valence-corrected chi connectivity index (χ1v) is 8.64. The number of aromatic nitrogens is 1. The number of rotatable bonds is 5. The molecule has 0 aliphatic carbocycles. The van der Waals surface area contributed by atoms with Crippen LogP contribution in [0.3, 0.4) is 0 Å². The average molecular weight is 405 g/mol. The van der Waals surface area contributed by atoms with Crippen molar-refractivity contribution < 1.29 is 9.72 Å². The highest BCUT2D eigenvalue weighted by Crippen LogP contribution is 2.33. The minimum atomic E-state index is -0.510. The second-order valence-electron chi connectivity index (χ2n) is 6.00. The number of carbonyl (C=O) groups is 1. The predicted molar refractivity (Wildman–Crippen MR) is 97.2 cm³/mol. The summed E-state index contributed by atoms with van der Waals surface area (Å²) in [6.07, 6.45) is 3.24. The zero-order valence-electron chi connectivity index (χ0n) is 13.6. The molecule has 3 rings (SSSR count). The van der Waals surface area contributed by atoms with Gasteiger partial charge in [0.1, 0.15) is 17.9 Å². The molecule has 1 fully saturated rings. The molecule has 1 aromatic carbocycles. The Kier molecular flexibility index (Phi) is 4.98. The van der Waals surface area contributed by atoms with Crippen molar-refractivity contribution in [2.45, 2.75) is 25.9 Å². The summed E-state index contributed by atoms with van der Waals surface area (Å²) in [5.74, 6) is -0.0569. The van der Waals surface area contributed by atoms with Crippen LogP contribution in [0.1, 0.15) is 17.5 Å². The maximum absolute atomic E-state index is 12.6. The lowest BCUT2D eigenvalue weighted by Crippen LogP contribution is -2.33. The van der Waals surface area contributed by atoms with E-state index in [9.17, 15) is 14.9 Å². The van der Waals surface area contributed by atoms with Crippen LogP contribution in [0.5, 0.6) is 0 Å². The molecule has 1 amide bonds. The van der Waals surface area contributed by atoms with Gasteiger partial charge in [0, 0.05) is 19.3 Å². The maximum atomic E-state index is 12.6. The van der Waals surface area contributed by atoms with Crippen molar-refractivity contribution in [1.29, 1.82) is 0 Å². The molecule has 1 unspecified atom stereocenters. The number of halogens is 1. The molecule has 0 bridgehead atoms. The van der Waals surface area contributed by atoms with Crippen LogP contribution < -0.4 is 5.32 Å². The number of nitrogens with zero attached hydrogens (tertiary/aromatic N) is 3. The topological polar surface area (TPSA) is 88.4 Å². The highest BCUT2D eigenvalue weighted by molar-refractivity contribution is 9.10. The van der Waals surface area contributed by atoms with Crippen LogP contribution in [0.25, 0.3) is 0 Å². The lowest BCUT2D eigenvalue weighted by molar-refractivity contribution is -0.384. The highest BCUT2D eigenvalue weighted by Gasteiger charge is 2.33. The molecule has 1 aliphatic rings. The molecule has 8 heteroatoms. The second kappa shape index (κ2) is 7.18. The van der Waals surface area contributed by atoms with Gasteiger partial charge in [-0.1, -0.05) is 29.8 Å². The molecule has 130 valence electrons. The maximum Gasteiger partial charge on any atom is 0.311 e. The van der Waals surface area contributed by atoms with Crippen LogP contribution in [0.15, 0.2) is 41.1 Å². The molecule has 0 spiro atoms. The van der Waals surface area contributed by atoms with Crippen LogP contribution in [0.4, 0.5) is 11.4 Å². The first-order valence-electron chi connectivity index (χ1n) is 7.84. The fourth-order valence-electron chi connectivity index (χ4n) is 2.82. The Hall–Kier alpha value is -2.48. The van der Waals surface area contributed by atoms with Crippen molar-refractivity contribution in [3.63, 3.8) is 0 Å². The van der Waals surface area contributed by atoms with Crippen molar-refractivity contribution in [3.8, 4) is 0 Å². The summed E-state index contributed by atoms with van der Waals surface area (Å²) in [4.78, 5) is 28.9. The smallest absolute Gasteiger partial charge is 0.311 e. The summed E-state index contributed by atoms with van der Waals surface area (Å²) in [7, 11) is 0. The van der Waals surface area contributed by atoms with Gasteiger partial charge in [-0.05, 0) is 34.8 Å². The first-order chi connectivity index (χ1) is 12.0. The Labute approximate surface area is 153 Å². The zero-order chi connectivity index (χ0) is 18.0. The van der Waals surface area contributed by atoms with E-state index in [-0.39, 0.29) is 17.3 Å². The predicted octanol–water partition coefficient (Wildman–Crippen LogP) is 3.27. The van der Waals surface area contributed by atoms with Gasteiger partial charge in [-0.25, -0.2) is 0 Å². The van der Waals surface area contributed by atoms with Gasteiger partial charge in [-0.3, -0.25) is 19.9 Å². The molecule has 0 saturated carbocycles. The SMILES string of the molecule is Cc1ccc(CN2CCC(Nc3c(Br)cncc3[N+](=O)[O-])C2=O)cc1. The molecule has 2 aromatic rings. The van der Waals surface area contributed by atoms with E-state index in [2.05, 4.69) is 26.2 Å². The zero-order valence-corrected chi connectivity index (χ0v) is 15.2. The quantitative estimate of drug-likeness (QED) is 0.609. The van der Waals surface area contributed by atoms with Crippen LogP contribution in [0, 0.1) is 17.0 Å². The molecule has 25 heavy (non-hydrogen) atoms. The highest BCUT2D eigenvalue weighted by atomic mass is 79.9. The Balaban J connectivity index is 1.73. The summed E-state index contributed by atoms with van der Waals surface area (Å²) in [6, 6.07) is 7.57. The van der Waals surface area contributed by atoms with Crippen LogP contribution in [0.2, 0.25) is 0 Å². The van der Waals surface area contributed by atoms with Crippen molar-refractivity contribution >= 4 is 33.2 Å². The molecule has 0 radical (unpaired) electrons. The largest absolute Gasteiger partial charge is 0.367 e. The third-order valence-electron chi connectivity index (χ3n) is 4.19. The lowest BCUT2D eigenvalue weighted by Gasteiger charge is -2.18. The lowest BCUT2D eigenvalue weighted by atomic mass is 10.1. The Morgan fingerprint density at radius 1 is 1.36 bits per heavy atom. The minimum Gasteiger partial charge on any atom is -0.367 e. The van der Waals surface area contributed by atoms with Crippen molar-refractivity contribution in [2.75, 3.05) is 11.9 Å². The number of anilines is 1. The van der Waals surface area contributed by atoms with Gasteiger partial charge < -0.3 is 10.2 Å². The van der Waals surface area contributed by atoms with Gasteiger partial charge in [0.15, 0.2) is 0 Å². The number of hydrogen-bond donors (Lipinski definition) is 1. The van der Waals surface area contributed by atoms with E-state index in [4.69, 9.17) is 0 Å². The third kappa shape index (κ3) is 3.79. The van der Waals surface area contributed by atoms with Crippen molar-refractivity contribution in [3.05, 3.63) is 62.4 Å². The van der Waals surface area contributed by atoms with Crippen LogP contribution >= 0.6 is 15.9 Å². The molecular weight excluding hydrogens is 388 g/mol. The molecule has 1 saturated heterocycles.